The molecule has 16 heavy (non-hydrogen) atoms. The first kappa shape index (κ1) is 11.5. The molecule has 4 heteroatoms. The third kappa shape index (κ3) is 2.57. The van der Waals surface area contributed by atoms with Crippen molar-refractivity contribution in [2.45, 2.75) is 12.1 Å². The summed E-state index contributed by atoms with van der Waals surface area (Å²) in [6, 6.07) is 10.2. The third-order valence-electron chi connectivity index (χ3n) is 2.66. The van der Waals surface area contributed by atoms with Crippen LogP contribution < -0.4 is 5.32 Å². The average Bonchev–Trinajstić information content (AvgIpc) is 2.39. The number of hydrogen-bond acceptors (Lipinski definition) is 4. The van der Waals surface area contributed by atoms with Crippen molar-refractivity contribution in [1.82, 2.24) is 5.32 Å². The van der Waals surface area contributed by atoms with Crippen LogP contribution in [0.1, 0.15) is 11.6 Å². The molecule has 3 nitrogen and oxygen atoms in total. The zero-order valence-corrected chi connectivity index (χ0v) is 10.00. The van der Waals surface area contributed by atoms with Gasteiger partial charge in [0.25, 0.3) is 0 Å². The Morgan fingerprint density at radius 1 is 1.38 bits per heavy atom. The van der Waals surface area contributed by atoms with Gasteiger partial charge in [-0.15, -0.1) is 0 Å². The van der Waals surface area contributed by atoms with E-state index in [1.165, 1.54) is 12.7 Å². The molecule has 2 atom stereocenters. The molecule has 1 aromatic rings. The number of esters is 1. The number of rotatable bonds is 2. The van der Waals surface area contributed by atoms with E-state index in [9.17, 15) is 4.79 Å². The molecule has 0 spiro atoms. The van der Waals surface area contributed by atoms with E-state index in [2.05, 4.69) is 17.4 Å². The van der Waals surface area contributed by atoms with Gasteiger partial charge in [0.1, 0.15) is 6.04 Å². The van der Waals surface area contributed by atoms with Crippen LogP contribution in [0.4, 0.5) is 0 Å². The molecule has 0 aliphatic carbocycles. The second-order valence-corrected chi connectivity index (χ2v) is 4.82. The highest BCUT2D eigenvalue weighted by atomic mass is 32.2. The predicted octanol–water partition coefficient (Wildman–Crippen LogP) is 1.61. The van der Waals surface area contributed by atoms with Gasteiger partial charge in [-0.2, -0.15) is 11.8 Å². The fraction of sp³-hybridized carbons (Fsp3) is 0.417. The van der Waals surface area contributed by atoms with E-state index < -0.39 is 0 Å². The van der Waals surface area contributed by atoms with E-state index in [0.29, 0.717) is 0 Å². The standard InChI is InChI=1S/C12H15NO2S/c1-15-12(14)11-8-16-7-10(13-11)9-5-3-2-4-6-9/h2-6,10-11,13H,7-8H2,1H3/t10-,11-/m0/s1. The molecular formula is C12H15NO2S. The fourth-order valence-corrected chi connectivity index (χ4v) is 2.93. The van der Waals surface area contributed by atoms with Crippen molar-refractivity contribution in [2.24, 2.45) is 0 Å². The van der Waals surface area contributed by atoms with Gasteiger partial charge in [-0.05, 0) is 5.56 Å². The number of benzene rings is 1. The quantitative estimate of drug-likeness (QED) is 0.793. The van der Waals surface area contributed by atoms with Gasteiger partial charge in [0.2, 0.25) is 0 Å². The second kappa shape index (κ2) is 5.37. The molecule has 1 heterocycles. The number of thioether (sulfide) groups is 1. The van der Waals surface area contributed by atoms with Crippen LogP contribution in [0, 0.1) is 0 Å². The van der Waals surface area contributed by atoms with Crippen LogP contribution in [0.5, 0.6) is 0 Å². The topological polar surface area (TPSA) is 38.3 Å². The second-order valence-electron chi connectivity index (χ2n) is 3.74. The minimum Gasteiger partial charge on any atom is -0.468 e. The first-order chi connectivity index (χ1) is 7.81. The lowest BCUT2D eigenvalue weighted by atomic mass is 10.1. The number of carbonyl (C=O) groups excluding carboxylic acids is 1. The third-order valence-corrected chi connectivity index (χ3v) is 3.80. The highest BCUT2D eigenvalue weighted by Crippen LogP contribution is 2.24. The van der Waals surface area contributed by atoms with Gasteiger partial charge in [-0.3, -0.25) is 10.1 Å². The molecule has 1 N–H and O–H groups in total. The van der Waals surface area contributed by atoms with Crippen molar-refractivity contribution >= 4 is 17.7 Å². The van der Waals surface area contributed by atoms with Gasteiger partial charge >= 0.3 is 5.97 Å². The number of ether oxygens (including phenoxy) is 1. The molecule has 0 saturated carbocycles. The summed E-state index contributed by atoms with van der Waals surface area (Å²) in [4.78, 5) is 11.4. The van der Waals surface area contributed by atoms with E-state index in [4.69, 9.17) is 4.74 Å². The molecule has 2 rings (SSSR count). The monoisotopic (exact) mass is 237 g/mol. The van der Waals surface area contributed by atoms with E-state index in [1.54, 1.807) is 11.8 Å². The van der Waals surface area contributed by atoms with Gasteiger partial charge in [0.05, 0.1) is 7.11 Å². The van der Waals surface area contributed by atoms with Gasteiger partial charge < -0.3 is 4.74 Å². The van der Waals surface area contributed by atoms with Crippen molar-refractivity contribution in [3.05, 3.63) is 35.9 Å². The summed E-state index contributed by atoms with van der Waals surface area (Å²) in [7, 11) is 1.43. The maximum absolute atomic E-state index is 11.4. The van der Waals surface area contributed by atoms with Crippen molar-refractivity contribution in [3.63, 3.8) is 0 Å². The Morgan fingerprint density at radius 3 is 2.81 bits per heavy atom. The smallest absolute Gasteiger partial charge is 0.323 e. The molecular weight excluding hydrogens is 222 g/mol. The van der Waals surface area contributed by atoms with Crippen LogP contribution in [0.3, 0.4) is 0 Å². The lowest BCUT2D eigenvalue weighted by Gasteiger charge is -2.29. The summed E-state index contributed by atoms with van der Waals surface area (Å²) in [6.07, 6.45) is 0. The number of nitrogens with one attached hydrogen (secondary N) is 1. The highest BCUT2D eigenvalue weighted by Gasteiger charge is 2.27. The molecule has 0 unspecified atom stereocenters. The Hall–Kier alpha value is -1.00. The largest absolute Gasteiger partial charge is 0.468 e. The fourth-order valence-electron chi connectivity index (χ4n) is 1.80. The highest BCUT2D eigenvalue weighted by molar-refractivity contribution is 7.99. The van der Waals surface area contributed by atoms with Gasteiger partial charge in [-0.1, -0.05) is 30.3 Å². The van der Waals surface area contributed by atoms with E-state index in [1.807, 2.05) is 18.2 Å². The van der Waals surface area contributed by atoms with Gasteiger partial charge in [-0.25, -0.2) is 0 Å². The van der Waals surface area contributed by atoms with Crippen LogP contribution in [0.2, 0.25) is 0 Å². The molecule has 1 fully saturated rings. The number of carbonyl (C=O) groups is 1. The molecule has 0 aromatic heterocycles. The predicted molar refractivity (Wildman–Crippen MR) is 65.4 cm³/mol. The van der Waals surface area contributed by atoms with Crippen molar-refractivity contribution in [3.8, 4) is 0 Å². The molecule has 1 aliphatic rings. The van der Waals surface area contributed by atoms with Crippen molar-refractivity contribution < 1.29 is 9.53 Å². The lowest BCUT2D eigenvalue weighted by molar-refractivity contribution is -0.142. The summed E-state index contributed by atoms with van der Waals surface area (Å²) in [5.74, 6) is 1.61. The summed E-state index contributed by atoms with van der Waals surface area (Å²) in [5, 5.41) is 3.33. The van der Waals surface area contributed by atoms with Crippen LogP contribution in [0.15, 0.2) is 30.3 Å². The van der Waals surface area contributed by atoms with E-state index >= 15 is 0 Å². The molecule has 1 aromatic carbocycles. The lowest BCUT2D eigenvalue weighted by Crippen LogP contribution is -2.45. The average molecular weight is 237 g/mol. The first-order valence-corrected chi connectivity index (χ1v) is 6.43. The van der Waals surface area contributed by atoms with Crippen LogP contribution in [0.25, 0.3) is 0 Å². The number of methoxy groups -OCH3 is 1. The summed E-state index contributed by atoms with van der Waals surface area (Å²) in [5.41, 5.74) is 1.23. The Kier molecular flexibility index (Phi) is 3.85. The summed E-state index contributed by atoms with van der Waals surface area (Å²) in [6.45, 7) is 0. The van der Waals surface area contributed by atoms with E-state index in [0.717, 1.165) is 11.5 Å². The molecule has 0 amide bonds. The normalized spacial score (nSPS) is 25.1. The maximum atomic E-state index is 11.4. The van der Waals surface area contributed by atoms with Crippen LogP contribution in [-0.4, -0.2) is 30.6 Å². The molecule has 0 radical (unpaired) electrons. The minimum atomic E-state index is -0.186. The maximum Gasteiger partial charge on any atom is 0.323 e. The molecule has 0 bridgehead atoms. The van der Waals surface area contributed by atoms with E-state index in [-0.39, 0.29) is 18.1 Å². The number of hydrogen-bond donors (Lipinski definition) is 1. The van der Waals surface area contributed by atoms with Crippen LogP contribution >= 0.6 is 11.8 Å². The van der Waals surface area contributed by atoms with Gasteiger partial charge in [0.15, 0.2) is 0 Å². The minimum absolute atomic E-state index is 0.173. The molecule has 1 aliphatic heterocycles. The van der Waals surface area contributed by atoms with Crippen molar-refractivity contribution in [2.75, 3.05) is 18.6 Å². The Morgan fingerprint density at radius 2 is 2.12 bits per heavy atom. The zero-order valence-electron chi connectivity index (χ0n) is 9.18. The Bertz CT molecular complexity index is 355. The molecule has 1 saturated heterocycles. The molecule has 86 valence electrons. The van der Waals surface area contributed by atoms with Crippen LogP contribution in [-0.2, 0) is 9.53 Å². The Balaban J connectivity index is 2.05. The first-order valence-electron chi connectivity index (χ1n) is 5.28. The van der Waals surface area contributed by atoms with Gasteiger partial charge in [0, 0.05) is 17.5 Å². The van der Waals surface area contributed by atoms with Crippen molar-refractivity contribution in [1.29, 1.82) is 0 Å². The Labute approximate surface area is 99.6 Å². The zero-order chi connectivity index (χ0) is 11.4. The summed E-state index contributed by atoms with van der Waals surface area (Å²) >= 11 is 1.79. The SMILES string of the molecule is COC(=O)[C@@H]1CSC[C@@H](c2ccccc2)N1. The summed E-state index contributed by atoms with van der Waals surface area (Å²) < 4.78 is 4.76.